The second kappa shape index (κ2) is 7.65. The van der Waals surface area contributed by atoms with Crippen LogP contribution in [0.2, 0.25) is 0 Å². The van der Waals surface area contributed by atoms with Crippen LogP contribution in [0.4, 0.5) is 0 Å². The summed E-state index contributed by atoms with van der Waals surface area (Å²) in [5.74, 6) is 0.523. The molecule has 0 radical (unpaired) electrons. The maximum atomic E-state index is 12.1. The Morgan fingerprint density at radius 1 is 1.09 bits per heavy atom. The molecule has 1 spiro atoms. The topological polar surface area (TPSA) is 67.4 Å². The average molecular weight is 322 g/mol. The summed E-state index contributed by atoms with van der Waals surface area (Å²) in [6.45, 7) is 1.38. The van der Waals surface area contributed by atoms with E-state index in [1.807, 2.05) is 0 Å². The van der Waals surface area contributed by atoms with Gasteiger partial charge in [-0.2, -0.15) is 0 Å². The summed E-state index contributed by atoms with van der Waals surface area (Å²) in [6, 6.07) is 0.260. The van der Waals surface area contributed by atoms with Crippen LogP contribution < -0.4 is 10.6 Å². The van der Waals surface area contributed by atoms with E-state index in [2.05, 4.69) is 10.6 Å². The lowest BCUT2D eigenvalue weighted by atomic mass is 9.78. The minimum absolute atomic E-state index is 0.0344. The highest BCUT2D eigenvalue weighted by Crippen LogP contribution is 2.38. The molecule has 5 heteroatoms. The monoisotopic (exact) mass is 322 g/mol. The van der Waals surface area contributed by atoms with E-state index in [4.69, 9.17) is 4.74 Å². The Balaban J connectivity index is 1.33. The van der Waals surface area contributed by atoms with E-state index in [0.29, 0.717) is 13.0 Å². The van der Waals surface area contributed by atoms with Gasteiger partial charge in [0.25, 0.3) is 0 Å². The molecule has 3 fully saturated rings. The van der Waals surface area contributed by atoms with E-state index in [-0.39, 0.29) is 29.4 Å². The second-order valence-corrected chi connectivity index (χ2v) is 7.52. The summed E-state index contributed by atoms with van der Waals surface area (Å²) >= 11 is 0. The minimum Gasteiger partial charge on any atom is -0.375 e. The fraction of sp³-hybridized carbons (Fsp3) is 0.889. The van der Waals surface area contributed by atoms with Crippen LogP contribution in [0.25, 0.3) is 0 Å². The molecule has 23 heavy (non-hydrogen) atoms. The molecule has 1 atom stereocenters. The fourth-order valence-corrected chi connectivity index (χ4v) is 3.95. The molecule has 5 nitrogen and oxygen atoms in total. The Morgan fingerprint density at radius 2 is 1.87 bits per heavy atom. The minimum atomic E-state index is 0.0344. The second-order valence-electron chi connectivity index (χ2n) is 7.52. The van der Waals surface area contributed by atoms with Crippen molar-refractivity contribution in [1.82, 2.24) is 10.6 Å². The standard InChI is InChI=1S/C18H30N2O3/c21-16(5-4-11-19-17(22)14-6-7-14)20-15-8-12-23-18(13-15)9-2-1-3-10-18/h14-15H,1-13H2,(H,19,22)(H,20,21). The fourth-order valence-electron chi connectivity index (χ4n) is 3.95. The number of hydrogen-bond acceptors (Lipinski definition) is 3. The predicted octanol–water partition coefficient (Wildman–Crippen LogP) is 2.29. The zero-order valence-electron chi connectivity index (χ0n) is 14.1. The van der Waals surface area contributed by atoms with Crippen LogP contribution in [0, 0.1) is 5.92 Å². The first-order valence-electron chi connectivity index (χ1n) is 9.38. The summed E-state index contributed by atoms with van der Waals surface area (Å²) in [5, 5.41) is 6.09. The van der Waals surface area contributed by atoms with E-state index >= 15 is 0 Å². The van der Waals surface area contributed by atoms with E-state index in [9.17, 15) is 9.59 Å². The zero-order chi connectivity index (χ0) is 16.1. The number of carbonyl (C=O) groups is 2. The van der Waals surface area contributed by atoms with Crippen LogP contribution in [0.1, 0.15) is 70.6 Å². The molecule has 2 aliphatic carbocycles. The van der Waals surface area contributed by atoms with Crippen molar-refractivity contribution in [2.45, 2.75) is 82.3 Å². The van der Waals surface area contributed by atoms with Crippen molar-refractivity contribution >= 4 is 11.8 Å². The van der Waals surface area contributed by atoms with Crippen LogP contribution in [0.5, 0.6) is 0 Å². The third kappa shape index (κ3) is 4.93. The maximum Gasteiger partial charge on any atom is 0.223 e. The van der Waals surface area contributed by atoms with Gasteiger partial charge in [-0.1, -0.05) is 19.3 Å². The zero-order valence-corrected chi connectivity index (χ0v) is 14.1. The van der Waals surface area contributed by atoms with Gasteiger partial charge in [0.15, 0.2) is 0 Å². The van der Waals surface area contributed by atoms with Crippen molar-refractivity contribution in [2.75, 3.05) is 13.2 Å². The largest absolute Gasteiger partial charge is 0.375 e. The summed E-state index contributed by atoms with van der Waals surface area (Å²) < 4.78 is 6.07. The lowest BCUT2D eigenvalue weighted by Gasteiger charge is -2.43. The Hall–Kier alpha value is -1.10. The number of amides is 2. The van der Waals surface area contributed by atoms with Gasteiger partial charge in [0.2, 0.25) is 11.8 Å². The molecule has 1 aliphatic heterocycles. The SMILES string of the molecule is O=C(CCCNC(=O)C1CC1)NC1CCOC2(CCCCC2)C1. The Kier molecular flexibility index (Phi) is 5.57. The van der Waals surface area contributed by atoms with E-state index in [0.717, 1.165) is 51.6 Å². The molecule has 2 amide bonds. The maximum absolute atomic E-state index is 12.1. The van der Waals surface area contributed by atoms with Gasteiger partial charge < -0.3 is 15.4 Å². The van der Waals surface area contributed by atoms with Gasteiger partial charge in [-0.05, 0) is 44.9 Å². The highest BCUT2D eigenvalue weighted by atomic mass is 16.5. The van der Waals surface area contributed by atoms with Crippen molar-refractivity contribution < 1.29 is 14.3 Å². The van der Waals surface area contributed by atoms with Gasteiger partial charge in [-0.15, -0.1) is 0 Å². The molecule has 1 heterocycles. The highest BCUT2D eigenvalue weighted by Gasteiger charge is 2.38. The molecular weight excluding hydrogens is 292 g/mol. The quantitative estimate of drug-likeness (QED) is 0.737. The van der Waals surface area contributed by atoms with Gasteiger partial charge >= 0.3 is 0 Å². The number of ether oxygens (including phenoxy) is 1. The number of carbonyl (C=O) groups excluding carboxylic acids is 2. The average Bonchev–Trinajstić information content (AvgIpc) is 3.37. The van der Waals surface area contributed by atoms with Gasteiger partial charge in [-0.3, -0.25) is 9.59 Å². The lowest BCUT2D eigenvalue weighted by Crippen LogP contribution is -2.49. The number of hydrogen-bond donors (Lipinski definition) is 2. The van der Waals surface area contributed by atoms with Crippen LogP contribution >= 0.6 is 0 Å². The summed E-state index contributed by atoms with van der Waals surface area (Å²) in [7, 11) is 0. The van der Waals surface area contributed by atoms with Crippen molar-refractivity contribution in [3.05, 3.63) is 0 Å². The van der Waals surface area contributed by atoms with Crippen molar-refractivity contribution in [1.29, 1.82) is 0 Å². The van der Waals surface area contributed by atoms with Crippen LogP contribution in [0.3, 0.4) is 0 Å². The van der Waals surface area contributed by atoms with Crippen LogP contribution in [0.15, 0.2) is 0 Å². The molecule has 3 aliphatic rings. The van der Waals surface area contributed by atoms with Gasteiger partial charge in [0, 0.05) is 31.5 Å². The van der Waals surface area contributed by atoms with Gasteiger partial charge in [-0.25, -0.2) is 0 Å². The molecule has 0 bridgehead atoms. The van der Waals surface area contributed by atoms with Crippen molar-refractivity contribution in [2.24, 2.45) is 5.92 Å². The number of nitrogens with one attached hydrogen (secondary N) is 2. The third-order valence-electron chi connectivity index (χ3n) is 5.45. The molecule has 0 aromatic carbocycles. The predicted molar refractivity (Wildman–Crippen MR) is 87.9 cm³/mol. The molecule has 130 valence electrons. The van der Waals surface area contributed by atoms with E-state index < -0.39 is 0 Å². The molecule has 2 saturated carbocycles. The summed E-state index contributed by atoms with van der Waals surface area (Å²) in [5.41, 5.74) is 0.0344. The molecule has 1 saturated heterocycles. The van der Waals surface area contributed by atoms with E-state index in [1.54, 1.807) is 0 Å². The summed E-state index contributed by atoms with van der Waals surface area (Å²) in [4.78, 5) is 23.6. The molecule has 3 rings (SSSR count). The number of rotatable bonds is 6. The van der Waals surface area contributed by atoms with Gasteiger partial charge in [0.1, 0.15) is 0 Å². The van der Waals surface area contributed by atoms with Crippen molar-refractivity contribution in [3.63, 3.8) is 0 Å². The first kappa shape index (κ1) is 16.7. The third-order valence-corrected chi connectivity index (χ3v) is 5.45. The normalized spacial score (nSPS) is 26.7. The highest BCUT2D eigenvalue weighted by molar-refractivity contribution is 5.81. The Bertz CT molecular complexity index is 422. The van der Waals surface area contributed by atoms with Crippen LogP contribution in [-0.4, -0.2) is 36.6 Å². The molecule has 2 N–H and O–H groups in total. The Morgan fingerprint density at radius 3 is 2.61 bits per heavy atom. The smallest absolute Gasteiger partial charge is 0.223 e. The van der Waals surface area contributed by atoms with Gasteiger partial charge in [0.05, 0.1) is 5.60 Å². The molecule has 0 aromatic heterocycles. The molecule has 1 unspecified atom stereocenters. The summed E-state index contributed by atoms with van der Waals surface area (Å²) in [6.07, 6.45) is 11.3. The first-order chi connectivity index (χ1) is 11.2. The molecular formula is C18H30N2O3. The molecule has 0 aromatic rings. The first-order valence-corrected chi connectivity index (χ1v) is 9.38. The van der Waals surface area contributed by atoms with Crippen molar-refractivity contribution in [3.8, 4) is 0 Å². The lowest BCUT2D eigenvalue weighted by molar-refractivity contribution is -0.129. The van der Waals surface area contributed by atoms with Crippen LogP contribution in [-0.2, 0) is 14.3 Å². The van der Waals surface area contributed by atoms with E-state index in [1.165, 1.54) is 19.3 Å². The Labute approximate surface area is 138 Å².